The highest BCUT2D eigenvalue weighted by atomic mass is 32.1. The fourth-order valence-corrected chi connectivity index (χ4v) is 3.42. The molecule has 1 fully saturated rings. The third kappa shape index (κ3) is 4.07. The van der Waals surface area contributed by atoms with Crippen LogP contribution in [-0.2, 0) is 11.2 Å². The summed E-state index contributed by atoms with van der Waals surface area (Å²) in [5, 5.41) is 9.60. The summed E-state index contributed by atoms with van der Waals surface area (Å²) in [6.07, 6.45) is 1.36. The summed E-state index contributed by atoms with van der Waals surface area (Å²) >= 11 is 4.49. The van der Waals surface area contributed by atoms with Crippen LogP contribution in [0.1, 0.15) is 19.4 Å². The van der Waals surface area contributed by atoms with E-state index in [4.69, 9.17) is 15.1 Å². The van der Waals surface area contributed by atoms with E-state index in [1.807, 2.05) is 32.0 Å². The smallest absolute Gasteiger partial charge is 0.522 e. The van der Waals surface area contributed by atoms with E-state index in [9.17, 15) is 9.82 Å². The van der Waals surface area contributed by atoms with E-state index in [2.05, 4.69) is 12.6 Å². The Hall–Kier alpha value is -1.38. The van der Waals surface area contributed by atoms with Gasteiger partial charge in [0.1, 0.15) is 17.6 Å². The van der Waals surface area contributed by atoms with Gasteiger partial charge in [-0.2, -0.15) is 12.6 Å². The van der Waals surface area contributed by atoms with Crippen molar-refractivity contribution in [2.24, 2.45) is 11.7 Å². The molecule has 8 heteroatoms. The largest absolute Gasteiger partial charge is 0.536 e. The minimum absolute atomic E-state index is 0.0271. The van der Waals surface area contributed by atoms with Gasteiger partial charge in [-0.3, -0.25) is 4.79 Å². The minimum Gasteiger partial charge on any atom is -0.536 e. The number of ether oxygens (including phenoxy) is 1. The van der Waals surface area contributed by atoms with Crippen molar-refractivity contribution in [1.29, 1.82) is 0 Å². The van der Waals surface area contributed by atoms with E-state index >= 15 is 0 Å². The van der Waals surface area contributed by atoms with Gasteiger partial charge >= 0.3 is 7.12 Å². The van der Waals surface area contributed by atoms with Crippen molar-refractivity contribution in [2.45, 2.75) is 37.4 Å². The predicted molar refractivity (Wildman–Crippen MR) is 100 cm³/mol. The molecule has 0 spiro atoms. The molecule has 1 aromatic rings. The van der Waals surface area contributed by atoms with E-state index in [-0.39, 0.29) is 24.5 Å². The van der Waals surface area contributed by atoms with E-state index in [1.54, 1.807) is 4.90 Å². The van der Waals surface area contributed by atoms with Crippen LogP contribution < -0.4 is 15.1 Å². The monoisotopic (exact) mass is 364 g/mol. The summed E-state index contributed by atoms with van der Waals surface area (Å²) in [5.41, 5.74) is 6.82. The van der Waals surface area contributed by atoms with Crippen LogP contribution in [0.4, 0.5) is 0 Å². The van der Waals surface area contributed by atoms with Crippen molar-refractivity contribution in [3.8, 4) is 11.5 Å². The van der Waals surface area contributed by atoms with E-state index in [0.29, 0.717) is 30.9 Å². The normalized spacial score (nSPS) is 18.9. The molecular formula is C17H25BN2O4S. The molecule has 0 aromatic heterocycles. The van der Waals surface area contributed by atoms with Gasteiger partial charge in [-0.05, 0) is 24.4 Å². The van der Waals surface area contributed by atoms with Crippen molar-refractivity contribution >= 4 is 25.7 Å². The molecular weight excluding hydrogens is 339 g/mol. The van der Waals surface area contributed by atoms with Crippen LogP contribution in [0.3, 0.4) is 0 Å². The molecule has 3 N–H and O–H groups in total. The van der Waals surface area contributed by atoms with Crippen LogP contribution in [0, 0.1) is 5.92 Å². The molecule has 1 unspecified atom stereocenters. The number of nitrogens with two attached hydrogens (primary N) is 1. The number of likely N-dealkylation sites (tertiary alicyclic amines) is 1. The highest BCUT2D eigenvalue weighted by Gasteiger charge is 2.40. The second kappa shape index (κ2) is 7.09. The lowest BCUT2D eigenvalue weighted by Crippen LogP contribution is -2.60. The standard InChI is InChI=1S/C17H25BN2O4S/c1-17(2,25)14(8-19)16(21)20-9-13(10-20)23-12-4-3-11-5-6-18(22)24-15(11)7-12/h3-4,7,13-14,22,25H,5-6,8-10,19H2,1-2H3. The number of amides is 1. The molecule has 3 rings (SSSR count). The predicted octanol–water partition coefficient (Wildman–Crippen LogP) is 0.975. The number of thiol groups is 1. The molecule has 1 amide bonds. The second-order valence-electron chi connectivity index (χ2n) is 7.31. The molecule has 1 saturated heterocycles. The lowest BCUT2D eigenvalue weighted by molar-refractivity contribution is -0.145. The average Bonchev–Trinajstić information content (AvgIpc) is 2.49. The molecule has 136 valence electrons. The van der Waals surface area contributed by atoms with Crippen molar-refractivity contribution in [3.05, 3.63) is 23.8 Å². The van der Waals surface area contributed by atoms with Crippen molar-refractivity contribution in [1.82, 2.24) is 4.90 Å². The zero-order valence-electron chi connectivity index (χ0n) is 14.6. The zero-order chi connectivity index (χ0) is 18.2. The molecule has 25 heavy (non-hydrogen) atoms. The van der Waals surface area contributed by atoms with Crippen LogP contribution in [0.2, 0.25) is 6.32 Å². The van der Waals surface area contributed by atoms with Gasteiger partial charge in [-0.1, -0.05) is 19.9 Å². The Balaban J connectivity index is 1.55. The number of carbonyl (C=O) groups is 1. The number of hydrogen-bond acceptors (Lipinski definition) is 6. The van der Waals surface area contributed by atoms with E-state index in [1.165, 1.54) is 0 Å². The summed E-state index contributed by atoms with van der Waals surface area (Å²) in [5.74, 6) is 1.08. The van der Waals surface area contributed by atoms with Crippen molar-refractivity contribution in [2.75, 3.05) is 19.6 Å². The first-order valence-corrected chi connectivity index (χ1v) is 9.08. The zero-order valence-corrected chi connectivity index (χ0v) is 15.5. The molecule has 0 saturated carbocycles. The Morgan fingerprint density at radius 3 is 2.92 bits per heavy atom. The fraction of sp³-hybridized carbons (Fsp3) is 0.588. The first-order chi connectivity index (χ1) is 11.8. The van der Waals surface area contributed by atoms with Gasteiger partial charge in [0.2, 0.25) is 5.91 Å². The van der Waals surface area contributed by atoms with Gasteiger partial charge in [-0.25, -0.2) is 0 Å². The second-order valence-corrected chi connectivity index (χ2v) is 8.46. The Bertz CT molecular complexity index is 646. The Kier molecular flexibility index (Phi) is 5.22. The summed E-state index contributed by atoms with van der Waals surface area (Å²) in [6, 6.07) is 5.68. The molecule has 2 aliphatic rings. The average molecular weight is 364 g/mol. The van der Waals surface area contributed by atoms with Gasteiger partial charge in [0, 0.05) is 17.4 Å². The van der Waals surface area contributed by atoms with Crippen LogP contribution in [-0.4, -0.2) is 53.4 Å². The summed E-state index contributed by atoms with van der Waals surface area (Å²) in [7, 11) is -0.752. The molecule has 0 aliphatic carbocycles. The topological polar surface area (TPSA) is 85.0 Å². The number of aryl methyl sites for hydroxylation is 1. The maximum Gasteiger partial charge on any atom is 0.522 e. The van der Waals surface area contributed by atoms with Gasteiger partial charge in [0.15, 0.2) is 0 Å². The quantitative estimate of drug-likeness (QED) is 0.536. The van der Waals surface area contributed by atoms with E-state index < -0.39 is 11.9 Å². The highest BCUT2D eigenvalue weighted by Crippen LogP contribution is 2.32. The summed E-state index contributed by atoms with van der Waals surface area (Å²) in [4.78, 5) is 14.3. The number of fused-ring (bicyclic) bond motifs is 1. The number of rotatable bonds is 5. The number of benzene rings is 1. The molecule has 0 radical (unpaired) electrons. The third-order valence-electron chi connectivity index (χ3n) is 4.81. The third-order valence-corrected chi connectivity index (χ3v) is 5.12. The Morgan fingerprint density at radius 1 is 1.56 bits per heavy atom. The van der Waals surface area contributed by atoms with Gasteiger partial charge in [0.05, 0.1) is 19.0 Å². The van der Waals surface area contributed by atoms with Crippen LogP contribution >= 0.6 is 12.6 Å². The van der Waals surface area contributed by atoms with Gasteiger partial charge < -0.3 is 25.0 Å². The van der Waals surface area contributed by atoms with Gasteiger partial charge in [0.25, 0.3) is 0 Å². The number of hydrogen-bond donors (Lipinski definition) is 3. The molecule has 2 heterocycles. The van der Waals surface area contributed by atoms with Crippen molar-refractivity contribution < 1.29 is 19.2 Å². The van der Waals surface area contributed by atoms with E-state index in [0.717, 1.165) is 12.0 Å². The van der Waals surface area contributed by atoms with Crippen LogP contribution in [0.5, 0.6) is 11.5 Å². The van der Waals surface area contributed by atoms with Crippen LogP contribution in [0.15, 0.2) is 18.2 Å². The SMILES string of the molecule is CC(C)(S)C(CN)C(=O)N1CC(Oc2ccc3c(c2)OB(O)CC3)C1. The maximum absolute atomic E-state index is 12.5. The van der Waals surface area contributed by atoms with Crippen molar-refractivity contribution in [3.63, 3.8) is 0 Å². The summed E-state index contributed by atoms with van der Waals surface area (Å²) < 4.78 is 10.9. The fourth-order valence-electron chi connectivity index (χ4n) is 3.21. The highest BCUT2D eigenvalue weighted by molar-refractivity contribution is 7.81. The molecule has 6 nitrogen and oxygen atoms in total. The maximum atomic E-state index is 12.5. The first-order valence-electron chi connectivity index (χ1n) is 8.63. The number of nitrogens with zero attached hydrogens (tertiary/aromatic N) is 1. The van der Waals surface area contributed by atoms with Gasteiger partial charge in [-0.15, -0.1) is 0 Å². The molecule has 1 atom stereocenters. The lowest BCUT2D eigenvalue weighted by Gasteiger charge is -2.42. The molecule has 0 bridgehead atoms. The van der Waals surface area contributed by atoms with Crippen LogP contribution in [0.25, 0.3) is 0 Å². The lowest BCUT2D eigenvalue weighted by atomic mass is 9.79. The Morgan fingerprint density at radius 2 is 2.28 bits per heavy atom. The minimum atomic E-state index is -0.752. The number of carbonyl (C=O) groups excluding carboxylic acids is 1. The summed E-state index contributed by atoms with van der Waals surface area (Å²) in [6.45, 7) is 5.17. The molecule has 2 aliphatic heterocycles. The molecule has 1 aromatic carbocycles. The Labute approximate surface area is 154 Å². The first kappa shape index (κ1) is 18.4.